The summed E-state index contributed by atoms with van der Waals surface area (Å²) in [6.07, 6.45) is 0.722. The number of ether oxygens (including phenoxy) is 2. The van der Waals surface area contributed by atoms with E-state index in [9.17, 15) is 9.59 Å². The van der Waals surface area contributed by atoms with E-state index in [1.165, 1.54) is 0 Å². The predicted octanol–water partition coefficient (Wildman–Crippen LogP) is 3.81. The third kappa shape index (κ3) is 7.40. The van der Waals surface area contributed by atoms with Crippen molar-refractivity contribution in [2.75, 3.05) is 32.2 Å². The van der Waals surface area contributed by atoms with E-state index in [-0.39, 0.29) is 11.0 Å². The second-order valence-electron chi connectivity index (χ2n) is 7.28. The van der Waals surface area contributed by atoms with Crippen molar-refractivity contribution in [2.24, 2.45) is 0 Å². The van der Waals surface area contributed by atoms with Crippen LogP contribution < -0.4 is 20.7 Å². The molecule has 7 nitrogen and oxygen atoms in total. The Bertz CT molecular complexity index is 1120. The van der Waals surface area contributed by atoms with Crippen LogP contribution >= 0.6 is 12.2 Å². The molecule has 3 aromatic rings. The van der Waals surface area contributed by atoms with Gasteiger partial charge < -0.3 is 20.1 Å². The Kier molecular flexibility index (Phi) is 9.57. The van der Waals surface area contributed by atoms with Crippen molar-refractivity contribution >= 4 is 34.8 Å². The summed E-state index contributed by atoms with van der Waals surface area (Å²) in [6, 6.07) is 23.9. The van der Waals surface area contributed by atoms with Crippen molar-refractivity contribution in [2.45, 2.75) is 6.42 Å². The Labute approximate surface area is 204 Å². The van der Waals surface area contributed by atoms with Crippen LogP contribution in [-0.2, 0) is 11.2 Å². The summed E-state index contributed by atoms with van der Waals surface area (Å²) in [5.74, 6) is -0.210. The van der Waals surface area contributed by atoms with Crippen LogP contribution in [0.1, 0.15) is 26.3 Å². The largest absolute Gasteiger partial charge is 0.492 e. The van der Waals surface area contributed by atoms with E-state index in [1.807, 2.05) is 36.4 Å². The molecule has 0 saturated carbocycles. The van der Waals surface area contributed by atoms with Gasteiger partial charge in [0, 0.05) is 20.1 Å². The Morgan fingerprint density at radius 3 is 2.26 bits per heavy atom. The standard InChI is InChI=1S/C26H27N3O4S/c1-32-18-16-27-24(30)20-11-5-7-13-22(20)28-26(34)29-25(31)21-12-6-8-14-23(21)33-17-15-19-9-3-2-4-10-19/h2-14H,15-18H2,1H3,(H,27,30)(H2,28,29,31,34). The Morgan fingerprint density at radius 1 is 0.824 bits per heavy atom. The predicted molar refractivity (Wildman–Crippen MR) is 136 cm³/mol. The smallest absolute Gasteiger partial charge is 0.261 e. The molecular weight excluding hydrogens is 450 g/mol. The number of hydrogen-bond donors (Lipinski definition) is 3. The molecule has 3 N–H and O–H groups in total. The molecule has 0 aliphatic heterocycles. The number of para-hydroxylation sites is 2. The van der Waals surface area contributed by atoms with Gasteiger partial charge in [0.1, 0.15) is 5.75 Å². The molecule has 3 rings (SSSR count). The second kappa shape index (κ2) is 13.1. The van der Waals surface area contributed by atoms with Crippen molar-refractivity contribution in [1.29, 1.82) is 0 Å². The lowest BCUT2D eigenvalue weighted by molar-refractivity contribution is 0.0936. The van der Waals surface area contributed by atoms with Gasteiger partial charge in [0.25, 0.3) is 11.8 Å². The number of methoxy groups -OCH3 is 1. The average molecular weight is 478 g/mol. The third-order valence-electron chi connectivity index (χ3n) is 4.86. The minimum atomic E-state index is -0.408. The second-order valence-corrected chi connectivity index (χ2v) is 7.69. The third-order valence-corrected chi connectivity index (χ3v) is 5.07. The number of thiocarbonyl (C=S) groups is 1. The van der Waals surface area contributed by atoms with Crippen LogP contribution in [0.3, 0.4) is 0 Å². The zero-order valence-electron chi connectivity index (χ0n) is 18.9. The van der Waals surface area contributed by atoms with Gasteiger partial charge in [-0.05, 0) is 42.0 Å². The fourth-order valence-corrected chi connectivity index (χ4v) is 3.38. The molecule has 0 radical (unpaired) electrons. The monoisotopic (exact) mass is 477 g/mol. The minimum Gasteiger partial charge on any atom is -0.492 e. The first kappa shape index (κ1) is 24.9. The summed E-state index contributed by atoms with van der Waals surface area (Å²) in [4.78, 5) is 25.3. The summed E-state index contributed by atoms with van der Waals surface area (Å²) in [7, 11) is 1.56. The van der Waals surface area contributed by atoms with Gasteiger partial charge in [-0.25, -0.2) is 0 Å². The minimum absolute atomic E-state index is 0.0706. The Hall–Kier alpha value is -3.75. The molecule has 0 aliphatic rings. The van der Waals surface area contributed by atoms with Gasteiger partial charge in [-0.2, -0.15) is 0 Å². The maximum atomic E-state index is 12.9. The Morgan fingerprint density at radius 2 is 1.50 bits per heavy atom. The SMILES string of the molecule is COCCNC(=O)c1ccccc1NC(=S)NC(=O)c1ccccc1OCCc1ccccc1. The zero-order valence-corrected chi connectivity index (χ0v) is 19.7. The van der Waals surface area contributed by atoms with E-state index >= 15 is 0 Å². The molecule has 2 amide bonds. The lowest BCUT2D eigenvalue weighted by Gasteiger charge is -2.15. The molecule has 0 aliphatic carbocycles. The van der Waals surface area contributed by atoms with E-state index in [1.54, 1.807) is 49.6 Å². The van der Waals surface area contributed by atoms with Gasteiger partial charge in [0.15, 0.2) is 5.11 Å². The van der Waals surface area contributed by atoms with E-state index < -0.39 is 5.91 Å². The van der Waals surface area contributed by atoms with Crippen LogP contribution in [0, 0.1) is 0 Å². The van der Waals surface area contributed by atoms with Crippen molar-refractivity contribution in [3.8, 4) is 5.75 Å². The number of carbonyl (C=O) groups excluding carboxylic acids is 2. The summed E-state index contributed by atoms with van der Waals surface area (Å²) in [5, 5.41) is 8.43. The van der Waals surface area contributed by atoms with Crippen LogP contribution in [-0.4, -0.2) is 43.8 Å². The van der Waals surface area contributed by atoms with Crippen LogP contribution in [0.2, 0.25) is 0 Å². The van der Waals surface area contributed by atoms with Gasteiger partial charge in [-0.15, -0.1) is 0 Å². The molecule has 0 spiro atoms. The maximum Gasteiger partial charge on any atom is 0.261 e. The van der Waals surface area contributed by atoms with Gasteiger partial charge in [-0.3, -0.25) is 14.9 Å². The average Bonchev–Trinajstić information content (AvgIpc) is 2.85. The van der Waals surface area contributed by atoms with E-state index in [0.29, 0.717) is 42.3 Å². The first-order chi connectivity index (χ1) is 16.6. The Balaban J connectivity index is 1.60. The lowest BCUT2D eigenvalue weighted by Crippen LogP contribution is -2.35. The topological polar surface area (TPSA) is 88.7 Å². The molecule has 0 unspecified atom stereocenters. The molecule has 0 saturated heterocycles. The molecular formula is C26H27N3O4S. The van der Waals surface area contributed by atoms with Gasteiger partial charge >= 0.3 is 0 Å². The molecule has 8 heteroatoms. The number of rotatable bonds is 10. The highest BCUT2D eigenvalue weighted by molar-refractivity contribution is 7.80. The fraction of sp³-hybridized carbons (Fsp3) is 0.192. The number of nitrogens with one attached hydrogen (secondary N) is 3. The fourth-order valence-electron chi connectivity index (χ4n) is 3.18. The van der Waals surface area contributed by atoms with Gasteiger partial charge in [0.2, 0.25) is 0 Å². The number of hydrogen-bond acceptors (Lipinski definition) is 5. The number of benzene rings is 3. The number of carbonyl (C=O) groups is 2. The summed E-state index contributed by atoms with van der Waals surface area (Å²) in [6.45, 7) is 1.22. The number of amides is 2. The van der Waals surface area contributed by atoms with Crippen LogP contribution in [0.4, 0.5) is 5.69 Å². The summed E-state index contributed by atoms with van der Waals surface area (Å²) in [5.41, 5.74) is 2.40. The quantitative estimate of drug-likeness (QED) is 0.304. The molecule has 0 aromatic heterocycles. The molecule has 0 fully saturated rings. The highest BCUT2D eigenvalue weighted by Crippen LogP contribution is 2.19. The molecule has 3 aromatic carbocycles. The van der Waals surface area contributed by atoms with Crippen molar-refractivity contribution in [3.63, 3.8) is 0 Å². The molecule has 0 atom stereocenters. The van der Waals surface area contributed by atoms with E-state index in [0.717, 1.165) is 12.0 Å². The highest BCUT2D eigenvalue weighted by Gasteiger charge is 2.16. The van der Waals surface area contributed by atoms with Crippen molar-refractivity contribution < 1.29 is 19.1 Å². The van der Waals surface area contributed by atoms with E-state index in [4.69, 9.17) is 21.7 Å². The molecule has 0 bridgehead atoms. The zero-order chi connectivity index (χ0) is 24.2. The maximum absolute atomic E-state index is 12.9. The van der Waals surface area contributed by atoms with Gasteiger partial charge in [-0.1, -0.05) is 54.6 Å². The summed E-state index contributed by atoms with van der Waals surface area (Å²) < 4.78 is 10.8. The summed E-state index contributed by atoms with van der Waals surface area (Å²) >= 11 is 5.32. The first-order valence-corrected chi connectivity index (χ1v) is 11.2. The van der Waals surface area contributed by atoms with Crippen molar-refractivity contribution in [3.05, 3.63) is 95.6 Å². The first-order valence-electron chi connectivity index (χ1n) is 10.8. The van der Waals surface area contributed by atoms with E-state index in [2.05, 4.69) is 16.0 Å². The van der Waals surface area contributed by atoms with Crippen molar-refractivity contribution in [1.82, 2.24) is 10.6 Å². The molecule has 176 valence electrons. The molecule has 0 heterocycles. The normalized spacial score (nSPS) is 10.3. The van der Waals surface area contributed by atoms with Crippen LogP contribution in [0.5, 0.6) is 5.75 Å². The van der Waals surface area contributed by atoms with Gasteiger partial charge in [0.05, 0.1) is 30.0 Å². The number of anilines is 1. The lowest BCUT2D eigenvalue weighted by atomic mass is 10.1. The molecule has 34 heavy (non-hydrogen) atoms. The van der Waals surface area contributed by atoms with Crippen LogP contribution in [0.15, 0.2) is 78.9 Å². The van der Waals surface area contributed by atoms with Crippen LogP contribution in [0.25, 0.3) is 0 Å². The highest BCUT2D eigenvalue weighted by atomic mass is 32.1.